The molecule has 0 bridgehead atoms. The number of unbranched alkanes of at least 4 members (excludes halogenated alkanes) is 2. The molecule has 0 saturated heterocycles. The maximum absolute atomic E-state index is 2.55. The first kappa shape index (κ1) is 17.7. The van der Waals surface area contributed by atoms with Crippen molar-refractivity contribution in [3.05, 3.63) is 0 Å². The van der Waals surface area contributed by atoms with Gasteiger partial charge in [0.1, 0.15) is 0 Å². The molecule has 1 nitrogen and oxygen atoms in total. The van der Waals surface area contributed by atoms with E-state index in [0.29, 0.717) is 6.04 Å². The molecule has 0 heterocycles. The zero-order valence-electron chi connectivity index (χ0n) is 12.4. The first-order chi connectivity index (χ1) is 8.17. The molecule has 104 valence electrons. The highest BCUT2D eigenvalue weighted by atomic mass is 32.2. The second-order valence-electron chi connectivity index (χ2n) is 4.79. The van der Waals surface area contributed by atoms with Crippen molar-refractivity contribution in [3.8, 4) is 0 Å². The number of rotatable bonds is 11. The van der Waals surface area contributed by atoms with E-state index in [2.05, 4.69) is 50.7 Å². The summed E-state index contributed by atoms with van der Waals surface area (Å²) in [6, 6.07) is 0.704. The second-order valence-corrected chi connectivity index (χ2v) is 7.05. The van der Waals surface area contributed by atoms with Gasteiger partial charge in [-0.2, -0.15) is 23.5 Å². The monoisotopic (exact) mass is 277 g/mol. The molecule has 0 spiro atoms. The second kappa shape index (κ2) is 11.7. The molecule has 0 radical (unpaired) electrons. The summed E-state index contributed by atoms with van der Waals surface area (Å²) < 4.78 is 0. The van der Waals surface area contributed by atoms with E-state index in [1.165, 1.54) is 43.7 Å². The molecule has 0 amide bonds. The first-order valence-corrected chi connectivity index (χ1v) is 9.42. The summed E-state index contributed by atoms with van der Waals surface area (Å²) in [6.45, 7) is 8.21. The molecule has 2 unspecified atom stereocenters. The van der Waals surface area contributed by atoms with Crippen molar-refractivity contribution >= 4 is 23.5 Å². The van der Waals surface area contributed by atoms with E-state index in [1.54, 1.807) is 0 Å². The number of thioether (sulfide) groups is 2. The molecule has 0 N–H and O–H groups in total. The molecule has 0 aromatic heterocycles. The minimum atomic E-state index is 0.704. The lowest BCUT2D eigenvalue weighted by Gasteiger charge is -2.31. The Hall–Kier alpha value is 0.660. The molecule has 0 aromatic rings. The minimum Gasteiger partial charge on any atom is -0.303 e. The SMILES string of the molecule is CCCCCN(C)C(C)C(CSC)SCCC. The van der Waals surface area contributed by atoms with Crippen LogP contribution in [0.1, 0.15) is 46.5 Å². The summed E-state index contributed by atoms with van der Waals surface area (Å²) in [5.41, 5.74) is 0. The predicted molar refractivity (Wildman–Crippen MR) is 86.5 cm³/mol. The van der Waals surface area contributed by atoms with Crippen LogP contribution < -0.4 is 0 Å². The molecular formula is C14H31NS2. The van der Waals surface area contributed by atoms with Crippen LogP contribution in [-0.2, 0) is 0 Å². The molecule has 0 fully saturated rings. The Morgan fingerprint density at radius 3 is 2.35 bits per heavy atom. The van der Waals surface area contributed by atoms with Crippen LogP contribution in [0.25, 0.3) is 0 Å². The van der Waals surface area contributed by atoms with Gasteiger partial charge in [-0.15, -0.1) is 0 Å². The lowest BCUT2D eigenvalue weighted by molar-refractivity contribution is 0.252. The van der Waals surface area contributed by atoms with Gasteiger partial charge in [0.2, 0.25) is 0 Å². The van der Waals surface area contributed by atoms with Crippen molar-refractivity contribution in [3.63, 3.8) is 0 Å². The maximum atomic E-state index is 2.55. The molecule has 0 aromatic carbocycles. The zero-order chi connectivity index (χ0) is 13.1. The number of hydrogen-bond donors (Lipinski definition) is 0. The minimum absolute atomic E-state index is 0.704. The lowest BCUT2D eigenvalue weighted by atomic mass is 10.2. The Labute approximate surface area is 117 Å². The van der Waals surface area contributed by atoms with E-state index < -0.39 is 0 Å². The fraction of sp³-hybridized carbons (Fsp3) is 1.00. The summed E-state index contributed by atoms with van der Waals surface area (Å²) in [5, 5.41) is 0.788. The van der Waals surface area contributed by atoms with E-state index in [4.69, 9.17) is 0 Å². The lowest BCUT2D eigenvalue weighted by Crippen LogP contribution is -2.39. The third-order valence-corrected chi connectivity index (χ3v) is 5.75. The molecule has 0 aliphatic rings. The quantitative estimate of drug-likeness (QED) is 0.516. The van der Waals surface area contributed by atoms with Crippen LogP contribution in [0.5, 0.6) is 0 Å². The van der Waals surface area contributed by atoms with Gasteiger partial charge >= 0.3 is 0 Å². The Balaban J connectivity index is 4.03. The summed E-state index contributed by atoms with van der Waals surface area (Å²) >= 11 is 4.15. The van der Waals surface area contributed by atoms with Gasteiger partial charge in [0.25, 0.3) is 0 Å². The molecule has 3 heteroatoms. The average molecular weight is 278 g/mol. The van der Waals surface area contributed by atoms with Crippen molar-refractivity contribution in [1.29, 1.82) is 0 Å². The summed E-state index contributed by atoms with van der Waals surface area (Å²) in [6.07, 6.45) is 7.56. The third-order valence-electron chi connectivity index (χ3n) is 3.21. The first-order valence-electron chi connectivity index (χ1n) is 6.98. The van der Waals surface area contributed by atoms with Gasteiger partial charge in [0.05, 0.1) is 0 Å². The van der Waals surface area contributed by atoms with Crippen LogP contribution in [0.2, 0.25) is 0 Å². The van der Waals surface area contributed by atoms with Crippen molar-refractivity contribution in [1.82, 2.24) is 4.90 Å². The molecule has 0 aliphatic heterocycles. The van der Waals surface area contributed by atoms with E-state index >= 15 is 0 Å². The molecule has 0 aliphatic carbocycles. The van der Waals surface area contributed by atoms with Crippen LogP contribution in [0, 0.1) is 0 Å². The highest BCUT2D eigenvalue weighted by molar-refractivity contribution is 8.03. The Bertz CT molecular complexity index is 164. The molecule has 2 atom stereocenters. The van der Waals surface area contributed by atoms with Crippen LogP contribution >= 0.6 is 23.5 Å². The molecule has 0 saturated carbocycles. The van der Waals surface area contributed by atoms with Crippen molar-refractivity contribution in [2.75, 3.05) is 31.4 Å². The molecule has 17 heavy (non-hydrogen) atoms. The van der Waals surface area contributed by atoms with E-state index in [1.807, 2.05) is 11.8 Å². The Morgan fingerprint density at radius 2 is 1.82 bits per heavy atom. The topological polar surface area (TPSA) is 3.24 Å². The van der Waals surface area contributed by atoms with Gasteiger partial charge in [-0.3, -0.25) is 0 Å². The van der Waals surface area contributed by atoms with Gasteiger partial charge in [-0.1, -0.05) is 26.7 Å². The predicted octanol–water partition coefficient (Wildman–Crippen LogP) is 4.37. The van der Waals surface area contributed by atoms with Crippen LogP contribution in [0.15, 0.2) is 0 Å². The molecule has 0 rings (SSSR count). The largest absolute Gasteiger partial charge is 0.303 e. The van der Waals surface area contributed by atoms with Gasteiger partial charge in [0, 0.05) is 17.0 Å². The maximum Gasteiger partial charge on any atom is 0.0291 e. The smallest absolute Gasteiger partial charge is 0.0291 e. The van der Waals surface area contributed by atoms with Crippen molar-refractivity contribution < 1.29 is 0 Å². The highest BCUT2D eigenvalue weighted by Gasteiger charge is 2.20. The van der Waals surface area contributed by atoms with Crippen LogP contribution in [-0.4, -0.2) is 47.5 Å². The normalized spacial score (nSPS) is 15.2. The Kier molecular flexibility index (Phi) is 12.2. The van der Waals surface area contributed by atoms with Gasteiger partial charge < -0.3 is 4.90 Å². The van der Waals surface area contributed by atoms with E-state index in [9.17, 15) is 0 Å². The van der Waals surface area contributed by atoms with Crippen LogP contribution in [0.3, 0.4) is 0 Å². The van der Waals surface area contributed by atoms with Gasteiger partial charge in [-0.05, 0) is 45.4 Å². The van der Waals surface area contributed by atoms with Crippen molar-refractivity contribution in [2.24, 2.45) is 0 Å². The van der Waals surface area contributed by atoms with Gasteiger partial charge in [-0.25, -0.2) is 0 Å². The van der Waals surface area contributed by atoms with E-state index in [-0.39, 0.29) is 0 Å². The summed E-state index contributed by atoms with van der Waals surface area (Å²) in [5.74, 6) is 2.59. The average Bonchev–Trinajstić information content (AvgIpc) is 2.33. The van der Waals surface area contributed by atoms with Crippen LogP contribution in [0.4, 0.5) is 0 Å². The van der Waals surface area contributed by atoms with Gasteiger partial charge in [0.15, 0.2) is 0 Å². The Morgan fingerprint density at radius 1 is 1.12 bits per heavy atom. The molecular weight excluding hydrogens is 246 g/mol. The fourth-order valence-corrected chi connectivity index (χ4v) is 4.28. The van der Waals surface area contributed by atoms with Crippen molar-refractivity contribution in [2.45, 2.75) is 57.7 Å². The fourth-order valence-electron chi connectivity index (χ4n) is 1.86. The number of nitrogens with zero attached hydrogens (tertiary/aromatic N) is 1. The number of hydrogen-bond acceptors (Lipinski definition) is 3. The summed E-state index contributed by atoms with van der Waals surface area (Å²) in [4.78, 5) is 2.55. The standard InChI is InChI=1S/C14H31NS2/c1-6-8-9-10-15(4)13(3)14(12-16-5)17-11-7-2/h13-14H,6-12H2,1-5H3. The third kappa shape index (κ3) is 8.39. The highest BCUT2D eigenvalue weighted by Crippen LogP contribution is 2.22. The zero-order valence-corrected chi connectivity index (χ0v) is 14.0. The summed E-state index contributed by atoms with van der Waals surface area (Å²) in [7, 11) is 2.29. The van der Waals surface area contributed by atoms with E-state index in [0.717, 1.165) is 5.25 Å².